The minimum atomic E-state index is -0.456. The van der Waals surface area contributed by atoms with Crippen LogP contribution in [0.2, 0.25) is 5.02 Å². The summed E-state index contributed by atoms with van der Waals surface area (Å²) < 4.78 is 20.8. The van der Waals surface area contributed by atoms with E-state index in [9.17, 15) is 4.39 Å². The van der Waals surface area contributed by atoms with Crippen molar-refractivity contribution in [2.45, 2.75) is 5.88 Å². The monoisotopic (exact) mass is 326 g/mol. The van der Waals surface area contributed by atoms with E-state index in [-0.39, 0.29) is 11.6 Å². The van der Waals surface area contributed by atoms with Crippen LogP contribution in [0.25, 0.3) is 16.9 Å². The van der Waals surface area contributed by atoms with E-state index in [0.29, 0.717) is 27.9 Å². The summed E-state index contributed by atoms with van der Waals surface area (Å²) >= 11 is 11.9. The van der Waals surface area contributed by atoms with Gasteiger partial charge in [0.1, 0.15) is 18.0 Å². The molecule has 108 valence electrons. The van der Waals surface area contributed by atoms with Crippen molar-refractivity contribution in [1.82, 2.24) is 19.5 Å². The molecule has 0 aliphatic rings. The van der Waals surface area contributed by atoms with Crippen molar-refractivity contribution in [3.8, 4) is 11.6 Å². The van der Waals surface area contributed by atoms with Gasteiger partial charge in [-0.3, -0.25) is 4.57 Å². The number of fused-ring (bicyclic) bond motifs is 1. The number of halogens is 3. The maximum absolute atomic E-state index is 14.1. The summed E-state index contributed by atoms with van der Waals surface area (Å²) in [4.78, 5) is 12.4. The topological polar surface area (TPSA) is 52.8 Å². The first-order valence-electron chi connectivity index (χ1n) is 5.93. The van der Waals surface area contributed by atoms with Crippen molar-refractivity contribution in [2.75, 3.05) is 7.11 Å². The number of nitrogens with zero attached hydrogens (tertiary/aromatic N) is 4. The molecule has 2 heterocycles. The van der Waals surface area contributed by atoms with Crippen LogP contribution >= 0.6 is 23.2 Å². The Morgan fingerprint density at radius 1 is 1.33 bits per heavy atom. The van der Waals surface area contributed by atoms with E-state index in [1.807, 2.05) is 0 Å². The third-order valence-corrected chi connectivity index (χ3v) is 3.42. The number of benzene rings is 1. The van der Waals surface area contributed by atoms with Gasteiger partial charge in [-0.1, -0.05) is 11.6 Å². The Morgan fingerprint density at radius 2 is 2.14 bits per heavy atom. The Labute approximate surface area is 129 Å². The molecule has 0 fully saturated rings. The maximum atomic E-state index is 14.1. The van der Waals surface area contributed by atoms with E-state index in [1.165, 1.54) is 36.2 Å². The van der Waals surface area contributed by atoms with Crippen molar-refractivity contribution < 1.29 is 9.13 Å². The quantitative estimate of drug-likeness (QED) is 0.692. The van der Waals surface area contributed by atoms with Crippen LogP contribution in [0.1, 0.15) is 5.82 Å². The molecule has 0 atom stereocenters. The lowest BCUT2D eigenvalue weighted by Gasteiger charge is -2.08. The molecule has 0 unspecified atom stereocenters. The fourth-order valence-corrected chi connectivity index (χ4v) is 2.41. The van der Waals surface area contributed by atoms with Gasteiger partial charge in [-0.15, -0.1) is 11.6 Å². The highest BCUT2D eigenvalue weighted by molar-refractivity contribution is 6.30. The van der Waals surface area contributed by atoms with Crippen LogP contribution in [0.15, 0.2) is 24.5 Å². The number of imidazole rings is 1. The molecule has 0 spiro atoms. The summed E-state index contributed by atoms with van der Waals surface area (Å²) in [6.07, 6.45) is 1.32. The molecule has 1 aromatic carbocycles. The van der Waals surface area contributed by atoms with Gasteiger partial charge < -0.3 is 4.74 Å². The highest BCUT2D eigenvalue weighted by atomic mass is 35.5. The predicted molar refractivity (Wildman–Crippen MR) is 77.7 cm³/mol. The number of aromatic nitrogens is 4. The largest absolute Gasteiger partial charge is 0.479 e. The molecule has 0 radical (unpaired) electrons. The number of ether oxygens (including phenoxy) is 1. The number of rotatable bonds is 3. The summed E-state index contributed by atoms with van der Waals surface area (Å²) in [7, 11) is 1.47. The van der Waals surface area contributed by atoms with Gasteiger partial charge in [-0.2, -0.15) is 4.98 Å². The molecule has 0 amide bonds. The van der Waals surface area contributed by atoms with Crippen LogP contribution < -0.4 is 4.74 Å². The van der Waals surface area contributed by atoms with Crippen LogP contribution in [-0.4, -0.2) is 26.6 Å². The Balaban J connectivity index is 2.38. The Kier molecular flexibility index (Phi) is 3.65. The zero-order chi connectivity index (χ0) is 15.0. The summed E-state index contributed by atoms with van der Waals surface area (Å²) in [5.41, 5.74) is 1.04. The third-order valence-electron chi connectivity index (χ3n) is 2.94. The molecule has 2 aromatic heterocycles. The van der Waals surface area contributed by atoms with Crippen LogP contribution in [0.4, 0.5) is 4.39 Å². The van der Waals surface area contributed by atoms with E-state index >= 15 is 0 Å². The van der Waals surface area contributed by atoms with Gasteiger partial charge in [0, 0.05) is 5.02 Å². The second kappa shape index (κ2) is 5.46. The van der Waals surface area contributed by atoms with Crippen molar-refractivity contribution in [1.29, 1.82) is 0 Å². The molecule has 0 N–H and O–H groups in total. The molecule has 5 nitrogen and oxygen atoms in total. The number of hydrogen-bond acceptors (Lipinski definition) is 4. The van der Waals surface area contributed by atoms with Gasteiger partial charge in [-0.05, 0) is 18.2 Å². The van der Waals surface area contributed by atoms with Crippen LogP contribution in [0, 0.1) is 5.82 Å². The van der Waals surface area contributed by atoms with Crippen molar-refractivity contribution in [3.05, 3.63) is 41.2 Å². The highest BCUT2D eigenvalue weighted by Gasteiger charge is 2.19. The predicted octanol–water partition coefficient (Wildman–Crippen LogP) is 3.36. The van der Waals surface area contributed by atoms with Gasteiger partial charge in [0.15, 0.2) is 11.2 Å². The first-order chi connectivity index (χ1) is 10.2. The van der Waals surface area contributed by atoms with Crippen molar-refractivity contribution in [3.63, 3.8) is 0 Å². The van der Waals surface area contributed by atoms with Gasteiger partial charge in [0.25, 0.3) is 0 Å². The fraction of sp³-hybridized carbons (Fsp3) is 0.154. The van der Waals surface area contributed by atoms with Gasteiger partial charge in [0.05, 0.1) is 18.7 Å². The molecular weight excluding hydrogens is 318 g/mol. The lowest BCUT2D eigenvalue weighted by molar-refractivity contribution is 0.401. The molecule has 8 heteroatoms. The van der Waals surface area contributed by atoms with E-state index in [1.54, 1.807) is 0 Å². The molecule has 0 saturated heterocycles. The number of hydrogen-bond donors (Lipinski definition) is 0. The molecule has 0 aliphatic heterocycles. The van der Waals surface area contributed by atoms with Crippen LogP contribution in [0.3, 0.4) is 0 Å². The standard InChI is InChI=1S/C13H9Cl2FN4O/c1-21-13-11-12(17-6-18-13)20(10(5-14)19-11)9-4-7(15)2-3-8(9)16/h2-4,6H,5H2,1H3. The van der Waals surface area contributed by atoms with E-state index in [4.69, 9.17) is 27.9 Å². The maximum Gasteiger partial charge on any atom is 0.245 e. The first kappa shape index (κ1) is 14.0. The summed E-state index contributed by atoms with van der Waals surface area (Å²) in [6.45, 7) is 0. The second-order valence-corrected chi connectivity index (χ2v) is 4.85. The minimum Gasteiger partial charge on any atom is -0.479 e. The normalized spacial score (nSPS) is 11.0. The van der Waals surface area contributed by atoms with Gasteiger partial charge in [-0.25, -0.2) is 14.4 Å². The lowest BCUT2D eigenvalue weighted by atomic mass is 10.3. The number of alkyl halides is 1. The van der Waals surface area contributed by atoms with Crippen molar-refractivity contribution in [2.24, 2.45) is 0 Å². The molecule has 0 bridgehead atoms. The molecule has 3 rings (SSSR count). The first-order valence-corrected chi connectivity index (χ1v) is 6.84. The Hall–Kier alpha value is -1.92. The third kappa shape index (κ3) is 2.30. The molecule has 0 saturated carbocycles. The van der Waals surface area contributed by atoms with Gasteiger partial charge in [0.2, 0.25) is 5.88 Å². The fourth-order valence-electron chi connectivity index (χ4n) is 2.07. The smallest absolute Gasteiger partial charge is 0.245 e. The molecule has 0 aliphatic carbocycles. The molecule has 21 heavy (non-hydrogen) atoms. The highest BCUT2D eigenvalue weighted by Crippen LogP contribution is 2.28. The Bertz CT molecular complexity index is 821. The molecule has 3 aromatic rings. The van der Waals surface area contributed by atoms with Crippen LogP contribution in [0.5, 0.6) is 5.88 Å². The Morgan fingerprint density at radius 3 is 2.86 bits per heavy atom. The van der Waals surface area contributed by atoms with E-state index in [2.05, 4.69) is 15.0 Å². The van der Waals surface area contributed by atoms with Crippen LogP contribution in [-0.2, 0) is 5.88 Å². The lowest BCUT2D eigenvalue weighted by Crippen LogP contribution is -2.03. The molecular formula is C13H9Cl2FN4O. The average molecular weight is 327 g/mol. The zero-order valence-electron chi connectivity index (χ0n) is 10.8. The number of methoxy groups -OCH3 is 1. The van der Waals surface area contributed by atoms with E-state index in [0.717, 1.165) is 0 Å². The van der Waals surface area contributed by atoms with Gasteiger partial charge >= 0.3 is 0 Å². The zero-order valence-corrected chi connectivity index (χ0v) is 12.4. The SMILES string of the molecule is COc1ncnc2c1nc(CCl)n2-c1cc(Cl)ccc1F. The summed E-state index contributed by atoms with van der Waals surface area (Å²) in [5, 5.41) is 0.398. The summed E-state index contributed by atoms with van der Waals surface area (Å²) in [5.74, 6) is 0.340. The van der Waals surface area contributed by atoms with Crippen molar-refractivity contribution >= 4 is 34.4 Å². The minimum absolute atomic E-state index is 0.0749. The second-order valence-electron chi connectivity index (χ2n) is 4.15. The summed E-state index contributed by atoms with van der Waals surface area (Å²) in [6, 6.07) is 4.23. The average Bonchev–Trinajstić information content (AvgIpc) is 2.88. The van der Waals surface area contributed by atoms with E-state index < -0.39 is 5.82 Å².